The molecule has 1 N–H and O–H groups in total. The minimum atomic E-state index is 0.372. The first-order valence-electron chi connectivity index (χ1n) is 8.42. The fourth-order valence-corrected chi connectivity index (χ4v) is 3.34. The molecule has 0 saturated carbocycles. The Labute approximate surface area is 141 Å². The molecule has 0 saturated heterocycles. The molecule has 0 amide bonds. The number of nitrogens with one attached hydrogen (secondary N) is 1. The van der Waals surface area contributed by atoms with Gasteiger partial charge in [-0.15, -0.1) is 0 Å². The summed E-state index contributed by atoms with van der Waals surface area (Å²) in [6.07, 6.45) is 9.31. The maximum absolute atomic E-state index is 4.49. The summed E-state index contributed by atoms with van der Waals surface area (Å²) in [5.74, 6) is 0.770. The third-order valence-electron chi connectivity index (χ3n) is 4.67. The lowest BCUT2D eigenvalue weighted by Gasteiger charge is -2.23. The highest BCUT2D eigenvalue weighted by molar-refractivity contribution is 5.53. The summed E-state index contributed by atoms with van der Waals surface area (Å²) in [4.78, 5) is 8.99. The second kappa shape index (κ2) is 6.53. The fourth-order valence-electron chi connectivity index (χ4n) is 3.34. The van der Waals surface area contributed by atoms with Crippen LogP contribution in [0.2, 0.25) is 0 Å². The normalized spacial score (nSPS) is 16.8. The number of nitrogens with zero attached hydrogens (tertiary/aromatic N) is 4. The summed E-state index contributed by atoms with van der Waals surface area (Å²) < 4.78 is 2.00. The van der Waals surface area contributed by atoms with E-state index in [0.29, 0.717) is 6.04 Å². The lowest BCUT2D eigenvalue weighted by molar-refractivity contribution is 0.451. The smallest absolute Gasteiger partial charge is 0.159 e. The van der Waals surface area contributed by atoms with Crippen molar-refractivity contribution in [2.45, 2.75) is 31.8 Å². The Hall–Kier alpha value is -2.53. The molecule has 122 valence electrons. The summed E-state index contributed by atoms with van der Waals surface area (Å²) >= 11 is 0. The van der Waals surface area contributed by atoms with Gasteiger partial charge in [0.05, 0.1) is 6.20 Å². The van der Waals surface area contributed by atoms with Crippen LogP contribution in [0.5, 0.6) is 0 Å². The van der Waals surface area contributed by atoms with E-state index in [1.165, 1.54) is 17.7 Å². The van der Waals surface area contributed by atoms with Crippen molar-refractivity contribution < 1.29 is 0 Å². The highest BCUT2D eigenvalue weighted by Crippen LogP contribution is 2.29. The lowest BCUT2D eigenvalue weighted by Crippen LogP contribution is -2.25. The minimum Gasteiger partial charge on any atom is -0.306 e. The monoisotopic (exact) mass is 319 g/mol. The van der Waals surface area contributed by atoms with Gasteiger partial charge >= 0.3 is 0 Å². The Balaban J connectivity index is 1.44. The van der Waals surface area contributed by atoms with Crippen LogP contribution in [0.15, 0.2) is 48.9 Å². The summed E-state index contributed by atoms with van der Waals surface area (Å²) in [5, 5.41) is 8.03. The van der Waals surface area contributed by atoms with Crippen LogP contribution in [0.25, 0.3) is 11.4 Å². The van der Waals surface area contributed by atoms with Crippen molar-refractivity contribution in [2.24, 2.45) is 7.05 Å². The van der Waals surface area contributed by atoms with Gasteiger partial charge in [-0.25, -0.2) is 9.97 Å². The lowest BCUT2D eigenvalue weighted by atomic mass is 9.93. The molecule has 1 aliphatic rings. The van der Waals surface area contributed by atoms with Crippen molar-refractivity contribution in [1.82, 2.24) is 25.1 Å². The predicted molar refractivity (Wildman–Crippen MR) is 93.2 cm³/mol. The largest absolute Gasteiger partial charge is 0.306 e. The van der Waals surface area contributed by atoms with E-state index in [0.717, 1.165) is 36.3 Å². The van der Waals surface area contributed by atoms with E-state index >= 15 is 0 Å². The minimum absolute atomic E-state index is 0.372. The van der Waals surface area contributed by atoms with Crippen LogP contribution >= 0.6 is 0 Å². The van der Waals surface area contributed by atoms with Gasteiger partial charge in [-0.3, -0.25) is 4.68 Å². The Morgan fingerprint density at radius 2 is 1.92 bits per heavy atom. The highest BCUT2D eigenvalue weighted by atomic mass is 15.3. The highest BCUT2D eigenvalue weighted by Gasteiger charge is 2.22. The van der Waals surface area contributed by atoms with Crippen molar-refractivity contribution in [3.8, 4) is 11.4 Å². The quantitative estimate of drug-likeness (QED) is 0.803. The van der Waals surface area contributed by atoms with E-state index in [1.54, 1.807) is 0 Å². The molecule has 1 aliphatic carbocycles. The van der Waals surface area contributed by atoms with E-state index in [4.69, 9.17) is 0 Å². The van der Waals surface area contributed by atoms with Gasteiger partial charge in [0.25, 0.3) is 0 Å². The number of hydrogen-bond acceptors (Lipinski definition) is 4. The predicted octanol–water partition coefficient (Wildman–Crippen LogP) is 3.04. The Morgan fingerprint density at radius 1 is 1.12 bits per heavy atom. The summed E-state index contributed by atoms with van der Waals surface area (Å²) in [5.41, 5.74) is 4.84. The van der Waals surface area contributed by atoms with Crippen molar-refractivity contribution in [2.75, 3.05) is 0 Å². The van der Waals surface area contributed by atoms with Crippen molar-refractivity contribution in [3.63, 3.8) is 0 Å². The number of aryl methyl sites for hydroxylation is 1. The van der Waals surface area contributed by atoms with Gasteiger partial charge in [0.1, 0.15) is 0 Å². The number of benzene rings is 1. The third-order valence-corrected chi connectivity index (χ3v) is 4.67. The zero-order valence-electron chi connectivity index (χ0n) is 13.8. The van der Waals surface area contributed by atoms with E-state index < -0.39 is 0 Å². The second-order valence-corrected chi connectivity index (χ2v) is 6.28. The molecule has 0 bridgehead atoms. The van der Waals surface area contributed by atoms with Crippen LogP contribution < -0.4 is 5.32 Å². The van der Waals surface area contributed by atoms with Gasteiger partial charge in [0.2, 0.25) is 0 Å². The molecule has 2 heterocycles. The molecular weight excluding hydrogens is 298 g/mol. The van der Waals surface area contributed by atoms with E-state index in [1.807, 2.05) is 60.7 Å². The van der Waals surface area contributed by atoms with Gasteiger partial charge in [-0.1, -0.05) is 30.3 Å². The number of hydrogen-bond donors (Lipinski definition) is 1. The zero-order valence-corrected chi connectivity index (χ0v) is 13.8. The second-order valence-electron chi connectivity index (χ2n) is 6.28. The van der Waals surface area contributed by atoms with E-state index in [9.17, 15) is 0 Å². The number of aromatic nitrogens is 4. The topological polar surface area (TPSA) is 55.6 Å². The van der Waals surface area contributed by atoms with Crippen LogP contribution in [0.3, 0.4) is 0 Å². The molecule has 3 aromatic rings. The van der Waals surface area contributed by atoms with Crippen LogP contribution in [-0.2, 0) is 20.0 Å². The average Bonchev–Trinajstić information content (AvgIpc) is 3.03. The summed E-state index contributed by atoms with van der Waals surface area (Å²) in [7, 11) is 2.03. The van der Waals surface area contributed by atoms with E-state index in [-0.39, 0.29) is 0 Å². The maximum Gasteiger partial charge on any atom is 0.159 e. The molecule has 5 nitrogen and oxygen atoms in total. The zero-order chi connectivity index (χ0) is 16.4. The fraction of sp³-hybridized carbons (Fsp3) is 0.316. The van der Waals surface area contributed by atoms with Gasteiger partial charge in [0, 0.05) is 54.4 Å². The third kappa shape index (κ3) is 2.95. The molecule has 0 aliphatic heterocycles. The van der Waals surface area contributed by atoms with Crippen LogP contribution in [0.4, 0.5) is 0 Å². The Bertz CT molecular complexity index is 808. The summed E-state index contributed by atoms with van der Waals surface area (Å²) in [6.45, 7) is 0.772. The van der Waals surface area contributed by atoms with Crippen molar-refractivity contribution in [3.05, 3.63) is 65.7 Å². The molecule has 0 spiro atoms. The van der Waals surface area contributed by atoms with Crippen LogP contribution in [-0.4, -0.2) is 19.7 Å². The molecule has 0 radical (unpaired) electrons. The molecular formula is C19H21N5. The summed E-state index contributed by atoms with van der Waals surface area (Å²) in [6, 6.07) is 10.4. The van der Waals surface area contributed by atoms with E-state index in [2.05, 4.69) is 20.4 Å². The Morgan fingerprint density at radius 3 is 2.71 bits per heavy atom. The maximum atomic E-state index is 4.49. The molecule has 24 heavy (non-hydrogen) atoms. The molecule has 0 unspecified atom stereocenters. The number of fused-ring (bicyclic) bond motifs is 1. The van der Waals surface area contributed by atoms with Gasteiger partial charge in [-0.2, -0.15) is 5.10 Å². The molecule has 0 fully saturated rings. The van der Waals surface area contributed by atoms with Crippen LogP contribution in [0.1, 0.15) is 35.7 Å². The molecule has 2 aromatic heterocycles. The van der Waals surface area contributed by atoms with Crippen molar-refractivity contribution >= 4 is 0 Å². The van der Waals surface area contributed by atoms with Gasteiger partial charge < -0.3 is 5.32 Å². The molecule has 1 atom stereocenters. The van der Waals surface area contributed by atoms with Crippen LogP contribution in [0, 0.1) is 0 Å². The SMILES string of the molecule is Cn1ncc2c1CCC[C@H]2NCc1cnc(-c2ccccc2)nc1. The van der Waals surface area contributed by atoms with Gasteiger partial charge in [0.15, 0.2) is 5.82 Å². The number of rotatable bonds is 4. The Kier molecular flexibility index (Phi) is 4.09. The molecule has 5 heteroatoms. The standard InChI is InChI=1S/C19H21N5/c1-24-18-9-5-8-17(16(18)13-23-24)20-10-14-11-21-19(22-12-14)15-6-3-2-4-7-15/h2-4,6-7,11-13,17,20H,5,8-10H2,1H3/t17-/m1/s1. The van der Waals surface area contributed by atoms with Crippen molar-refractivity contribution in [1.29, 1.82) is 0 Å². The first-order valence-corrected chi connectivity index (χ1v) is 8.42. The first-order chi connectivity index (χ1) is 11.8. The average molecular weight is 319 g/mol. The van der Waals surface area contributed by atoms with Gasteiger partial charge in [-0.05, 0) is 19.3 Å². The molecule has 4 rings (SSSR count). The first kappa shape index (κ1) is 15.0. The molecule has 1 aromatic carbocycles.